The lowest BCUT2D eigenvalue weighted by Gasteiger charge is -2.08. The Labute approximate surface area is 141 Å². The molecule has 0 radical (unpaired) electrons. The van der Waals surface area contributed by atoms with Gasteiger partial charge in [-0.2, -0.15) is 0 Å². The molecule has 0 saturated heterocycles. The van der Waals surface area contributed by atoms with Crippen molar-refractivity contribution in [3.05, 3.63) is 42.2 Å². The lowest BCUT2D eigenvalue weighted by molar-refractivity contribution is 0.102. The zero-order valence-corrected chi connectivity index (χ0v) is 13.9. The lowest BCUT2D eigenvalue weighted by Crippen LogP contribution is -2.16. The number of nitrogens with zero attached hydrogens (tertiary/aromatic N) is 2. The van der Waals surface area contributed by atoms with E-state index >= 15 is 0 Å². The predicted octanol–water partition coefficient (Wildman–Crippen LogP) is 2.58. The van der Waals surface area contributed by atoms with Crippen molar-refractivity contribution < 1.29 is 14.3 Å². The Morgan fingerprint density at radius 2 is 2.00 bits per heavy atom. The van der Waals surface area contributed by atoms with Gasteiger partial charge in [-0.3, -0.25) is 4.79 Å². The predicted molar refractivity (Wildman–Crippen MR) is 92.6 cm³/mol. The van der Waals surface area contributed by atoms with E-state index in [1.165, 1.54) is 0 Å². The van der Waals surface area contributed by atoms with Gasteiger partial charge in [-0.15, -0.1) is 0 Å². The van der Waals surface area contributed by atoms with Gasteiger partial charge in [-0.05, 0) is 43.7 Å². The topological polar surface area (TPSA) is 85.4 Å². The Morgan fingerprint density at radius 3 is 2.71 bits per heavy atom. The molecule has 1 aromatic heterocycles. The summed E-state index contributed by atoms with van der Waals surface area (Å²) in [5, 5.41) is 5.86. The van der Waals surface area contributed by atoms with E-state index in [1.807, 2.05) is 19.1 Å². The molecule has 0 atom stereocenters. The fourth-order valence-electron chi connectivity index (χ4n) is 1.98. The molecule has 0 aliphatic carbocycles. The fourth-order valence-corrected chi connectivity index (χ4v) is 1.98. The van der Waals surface area contributed by atoms with E-state index in [2.05, 4.69) is 20.6 Å². The molecule has 0 fully saturated rings. The summed E-state index contributed by atoms with van der Waals surface area (Å²) in [7, 11) is 1.66. The van der Waals surface area contributed by atoms with Gasteiger partial charge >= 0.3 is 0 Å². The number of amides is 1. The highest BCUT2D eigenvalue weighted by molar-refractivity contribution is 6.02. The van der Waals surface area contributed by atoms with Crippen LogP contribution in [0.1, 0.15) is 23.8 Å². The van der Waals surface area contributed by atoms with E-state index < -0.39 is 0 Å². The summed E-state index contributed by atoms with van der Waals surface area (Å²) < 4.78 is 10.3. The number of rotatable bonds is 9. The lowest BCUT2D eigenvalue weighted by atomic mass is 10.3. The second-order valence-electron chi connectivity index (χ2n) is 4.95. The van der Waals surface area contributed by atoms with Crippen LogP contribution in [0.2, 0.25) is 0 Å². The van der Waals surface area contributed by atoms with Crippen LogP contribution in [0.4, 0.5) is 11.6 Å². The Kier molecular flexibility index (Phi) is 6.97. The van der Waals surface area contributed by atoms with E-state index in [-0.39, 0.29) is 5.91 Å². The van der Waals surface area contributed by atoms with Crippen LogP contribution in [0, 0.1) is 0 Å². The first kappa shape index (κ1) is 17.7. The molecule has 128 valence electrons. The highest BCUT2D eigenvalue weighted by Crippen LogP contribution is 2.16. The van der Waals surface area contributed by atoms with Crippen LogP contribution in [-0.4, -0.2) is 42.7 Å². The molecular weight excluding hydrogens is 308 g/mol. The highest BCUT2D eigenvalue weighted by atomic mass is 16.5. The number of aromatic nitrogens is 2. The monoisotopic (exact) mass is 330 g/mol. The number of anilines is 2. The first-order chi connectivity index (χ1) is 11.7. The van der Waals surface area contributed by atoms with Gasteiger partial charge in [0.2, 0.25) is 5.95 Å². The molecule has 7 nitrogen and oxygen atoms in total. The first-order valence-electron chi connectivity index (χ1n) is 7.83. The minimum atomic E-state index is -0.290. The van der Waals surface area contributed by atoms with E-state index in [9.17, 15) is 4.79 Å². The van der Waals surface area contributed by atoms with Crippen molar-refractivity contribution in [2.45, 2.75) is 13.3 Å². The maximum absolute atomic E-state index is 12.3. The van der Waals surface area contributed by atoms with Crippen LogP contribution in [0.5, 0.6) is 5.75 Å². The Balaban J connectivity index is 1.94. The van der Waals surface area contributed by atoms with Gasteiger partial charge in [0.05, 0.1) is 6.61 Å². The third-order valence-corrected chi connectivity index (χ3v) is 3.12. The van der Waals surface area contributed by atoms with Gasteiger partial charge in [0.15, 0.2) is 0 Å². The third-order valence-electron chi connectivity index (χ3n) is 3.12. The molecular formula is C17H22N4O3. The van der Waals surface area contributed by atoms with Crippen LogP contribution < -0.4 is 15.4 Å². The van der Waals surface area contributed by atoms with Crippen LogP contribution in [0.3, 0.4) is 0 Å². The summed E-state index contributed by atoms with van der Waals surface area (Å²) in [6.45, 7) is 3.86. The molecule has 0 saturated carbocycles. The third kappa shape index (κ3) is 5.51. The van der Waals surface area contributed by atoms with Crippen molar-refractivity contribution in [2.24, 2.45) is 0 Å². The molecule has 0 unspecified atom stereocenters. The number of nitrogens with one attached hydrogen (secondary N) is 2. The number of carbonyl (C=O) groups is 1. The molecule has 0 spiro atoms. The zero-order valence-electron chi connectivity index (χ0n) is 13.9. The summed E-state index contributed by atoms with van der Waals surface area (Å²) in [4.78, 5) is 20.6. The summed E-state index contributed by atoms with van der Waals surface area (Å²) in [5.41, 5.74) is 0.977. The van der Waals surface area contributed by atoms with Crippen LogP contribution in [-0.2, 0) is 4.74 Å². The Bertz CT molecular complexity index is 647. The van der Waals surface area contributed by atoms with Gasteiger partial charge in [0.25, 0.3) is 5.91 Å². The minimum absolute atomic E-state index is 0.290. The molecule has 0 aliphatic rings. The van der Waals surface area contributed by atoms with Crippen LogP contribution in [0.15, 0.2) is 36.5 Å². The highest BCUT2D eigenvalue weighted by Gasteiger charge is 2.09. The van der Waals surface area contributed by atoms with E-state index in [4.69, 9.17) is 9.47 Å². The molecule has 7 heteroatoms. The van der Waals surface area contributed by atoms with Gasteiger partial charge in [-0.1, -0.05) is 0 Å². The van der Waals surface area contributed by atoms with Crippen molar-refractivity contribution in [1.29, 1.82) is 0 Å². The molecule has 1 aromatic carbocycles. The van der Waals surface area contributed by atoms with E-state index in [0.717, 1.165) is 12.2 Å². The smallest absolute Gasteiger partial charge is 0.274 e. The van der Waals surface area contributed by atoms with Crippen LogP contribution >= 0.6 is 0 Å². The second-order valence-corrected chi connectivity index (χ2v) is 4.95. The largest absolute Gasteiger partial charge is 0.494 e. The average molecular weight is 330 g/mol. The minimum Gasteiger partial charge on any atom is -0.494 e. The molecule has 2 rings (SSSR count). The first-order valence-corrected chi connectivity index (χ1v) is 7.83. The van der Waals surface area contributed by atoms with Gasteiger partial charge in [0.1, 0.15) is 11.4 Å². The standard InChI is InChI=1S/C17H22N4O3/c1-3-24-14-7-5-13(6-8-14)20-16(22)15-9-11-19-17(21-15)18-10-4-12-23-2/h5-9,11H,3-4,10,12H2,1-2H3,(H,20,22)(H,18,19,21). The number of carbonyl (C=O) groups excluding carboxylic acids is 1. The number of hydrogen-bond donors (Lipinski definition) is 2. The van der Waals surface area contributed by atoms with Crippen molar-refractivity contribution in [3.63, 3.8) is 0 Å². The second kappa shape index (κ2) is 9.46. The van der Waals surface area contributed by atoms with Crippen molar-refractivity contribution in [2.75, 3.05) is 37.5 Å². The zero-order chi connectivity index (χ0) is 17.2. The normalized spacial score (nSPS) is 10.2. The summed E-state index contributed by atoms with van der Waals surface area (Å²) in [6, 6.07) is 8.76. The number of benzene rings is 1. The maximum Gasteiger partial charge on any atom is 0.274 e. The Hall–Kier alpha value is -2.67. The molecule has 0 aliphatic heterocycles. The van der Waals surface area contributed by atoms with Crippen molar-refractivity contribution >= 4 is 17.5 Å². The Morgan fingerprint density at radius 1 is 1.21 bits per heavy atom. The van der Waals surface area contributed by atoms with Gasteiger partial charge < -0.3 is 20.1 Å². The van der Waals surface area contributed by atoms with Crippen LogP contribution in [0.25, 0.3) is 0 Å². The van der Waals surface area contributed by atoms with Gasteiger partial charge in [0, 0.05) is 32.1 Å². The molecule has 24 heavy (non-hydrogen) atoms. The SMILES string of the molecule is CCOc1ccc(NC(=O)c2ccnc(NCCCOC)n2)cc1. The number of methoxy groups -OCH3 is 1. The number of hydrogen-bond acceptors (Lipinski definition) is 6. The van der Waals surface area contributed by atoms with E-state index in [1.54, 1.807) is 31.5 Å². The van der Waals surface area contributed by atoms with E-state index in [0.29, 0.717) is 37.1 Å². The fraction of sp³-hybridized carbons (Fsp3) is 0.353. The molecule has 0 bridgehead atoms. The summed E-state index contributed by atoms with van der Waals surface area (Å²) in [6.07, 6.45) is 2.39. The maximum atomic E-state index is 12.3. The number of ether oxygens (including phenoxy) is 2. The molecule has 2 N–H and O–H groups in total. The van der Waals surface area contributed by atoms with Gasteiger partial charge in [-0.25, -0.2) is 9.97 Å². The summed E-state index contributed by atoms with van der Waals surface area (Å²) in [5.74, 6) is 0.895. The van der Waals surface area contributed by atoms with Crippen molar-refractivity contribution in [3.8, 4) is 5.75 Å². The average Bonchev–Trinajstić information content (AvgIpc) is 2.61. The molecule has 1 amide bonds. The summed E-state index contributed by atoms with van der Waals surface area (Å²) >= 11 is 0. The molecule has 2 aromatic rings. The van der Waals surface area contributed by atoms with Crippen molar-refractivity contribution in [1.82, 2.24) is 9.97 Å². The quantitative estimate of drug-likeness (QED) is 0.687. The molecule has 1 heterocycles.